The van der Waals surface area contributed by atoms with Crippen molar-refractivity contribution in [3.63, 3.8) is 0 Å². The van der Waals surface area contributed by atoms with E-state index in [2.05, 4.69) is 17.6 Å². The summed E-state index contributed by atoms with van der Waals surface area (Å²) < 4.78 is 5.05. The van der Waals surface area contributed by atoms with Crippen molar-refractivity contribution in [1.29, 1.82) is 0 Å². The van der Waals surface area contributed by atoms with Crippen LogP contribution in [-0.2, 0) is 9.53 Å². The summed E-state index contributed by atoms with van der Waals surface area (Å²) in [6.45, 7) is 10.3. The lowest BCUT2D eigenvalue weighted by Gasteiger charge is -2.33. The van der Waals surface area contributed by atoms with Crippen molar-refractivity contribution in [1.82, 2.24) is 10.6 Å². The highest BCUT2D eigenvalue weighted by Gasteiger charge is 2.35. The zero-order valence-electron chi connectivity index (χ0n) is 16.4. The van der Waals surface area contributed by atoms with E-state index in [1.165, 1.54) is 12.0 Å². The van der Waals surface area contributed by atoms with Crippen molar-refractivity contribution in [2.45, 2.75) is 19.9 Å². The van der Waals surface area contributed by atoms with Gasteiger partial charge in [-0.25, -0.2) is 9.59 Å². The van der Waals surface area contributed by atoms with Crippen LogP contribution in [0, 0.1) is 6.92 Å². The van der Waals surface area contributed by atoms with Crippen LogP contribution in [0.2, 0.25) is 0 Å². The number of quaternary nitrogens is 2. The fourth-order valence-electron chi connectivity index (χ4n) is 3.85. The van der Waals surface area contributed by atoms with Gasteiger partial charge >= 0.3 is 12.0 Å². The second-order valence-electron chi connectivity index (χ2n) is 7.36. The van der Waals surface area contributed by atoms with Crippen LogP contribution in [0.4, 0.5) is 4.79 Å². The van der Waals surface area contributed by atoms with E-state index in [0.717, 1.165) is 43.9 Å². The maximum absolute atomic E-state index is 12.6. The largest absolute Gasteiger partial charge is 0.466 e. The van der Waals surface area contributed by atoms with E-state index in [4.69, 9.17) is 4.74 Å². The number of aryl methyl sites for hydroxylation is 1. The van der Waals surface area contributed by atoms with E-state index >= 15 is 0 Å². The molecule has 1 aromatic carbocycles. The molecule has 2 heterocycles. The van der Waals surface area contributed by atoms with E-state index in [0.29, 0.717) is 17.8 Å². The van der Waals surface area contributed by atoms with E-state index in [1.54, 1.807) is 4.90 Å². The molecule has 146 valence electrons. The third kappa shape index (κ3) is 4.48. The van der Waals surface area contributed by atoms with Gasteiger partial charge in [-0.05, 0) is 19.4 Å². The monoisotopic (exact) mass is 374 g/mol. The number of methoxy groups -OCH3 is 1. The minimum atomic E-state index is -0.497. The Kier molecular flexibility index (Phi) is 6.13. The first-order valence-electron chi connectivity index (χ1n) is 9.64. The third-order valence-corrected chi connectivity index (χ3v) is 5.56. The molecule has 7 nitrogen and oxygen atoms in total. The number of benzene rings is 1. The Balaban J connectivity index is 1.89. The Morgan fingerprint density at radius 2 is 1.78 bits per heavy atom. The second kappa shape index (κ2) is 8.54. The summed E-state index contributed by atoms with van der Waals surface area (Å²) in [5.41, 5.74) is 3.18. The number of nitrogens with one attached hydrogen (secondary N) is 4. The number of likely N-dealkylation sites (N-methyl/N-ethyl adjacent to an activating group) is 1. The second-order valence-corrected chi connectivity index (χ2v) is 7.36. The topological polar surface area (TPSA) is 76.3 Å². The molecule has 1 fully saturated rings. The number of ether oxygens (including phenoxy) is 1. The van der Waals surface area contributed by atoms with Crippen molar-refractivity contribution in [3.05, 3.63) is 46.7 Å². The third-order valence-electron chi connectivity index (χ3n) is 5.56. The van der Waals surface area contributed by atoms with Gasteiger partial charge in [0.2, 0.25) is 0 Å². The zero-order chi connectivity index (χ0) is 19.4. The number of piperazine rings is 1. The predicted molar refractivity (Wildman–Crippen MR) is 101 cm³/mol. The number of carbonyl (C=O) groups excluding carboxylic acids is 2. The summed E-state index contributed by atoms with van der Waals surface area (Å²) in [5, 5.41) is 5.75. The molecule has 2 amide bonds. The van der Waals surface area contributed by atoms with Crippen molar-refractivity contribution in [3.8, 4) is 0 Å². The molecule has 0 spiro atoms. The Morgan fingerprint density at radius 1 is 1.15 bits per heavy atom. The number of hydrogen-bond acceptors (Lipinski definition) is 3. The SMILES string of the molecule is CC[NH+]1CC[NH+](CC2=C(C(=O)OC)[C@@H](c3ccc(C)cc3)NC(=O)N2)CC1. The number of rotatable bonds is 5. The van der Waals surface area contributed by atoms with Crippen LogP contribution in [-0.4, -0.2) is 58.4 Å². The number of amides is 2. The average Bonchev–Trinajstić information content (AvgIpc) is 2.68. The molecule has 0 radical (unpaired) electrons. The molecule has 1 atom stereocenters. The summed E-state index contributed by atoms with van der Waals surface area (Å²) in [5.74, 6) is -0.403. The molecular formula is C20H30N4O3+2. The number of urea groups is 1. The van der Waals surface area contributed by atoms with Gasteiger partial charge in [-0.3, -0.25) is 0 Å². The fourth-order valence-corrected chi connectivity index (χ4v) is 3.85. The summed E-state index contributed by atoms with van der Waals surface area (Å²) in [6, 6.07) is 7.08. The van der Waals surface area contributed by atoms with E-state index in [9.17, 15) is 9.59 Å². The molecule has 0 aromatic heterocycles. The molecule has 0 unspecified atom stereocenters. The summed E-state index contributed by atoms with van der Waals surface area (Å²) in [4.78, 5) is 27.9. The Labute approximate surface area is 160 Å². The Morgan fingerprint density at radius 3 is 2.37 bits per heavy atom. The number of carbonyl (C=O) groups is 2. The van der Waals surface area contributed by atoms with Gasteiger partial charge < -0.3 is 25.2 Å². The predicted octanol–water partition coefficient (Wildman–Crippen LogP) is -1.42. The molecule has 27 heavy (non-hydrogen) atoms. The van der Waals surface area contributed by atoms with Crippen LogP contribution in [0.1, 0.15) is 24.1 Å². The summed E-state index contributed by atoms with van der Waals surface area (Å²) in [6.07, 6.45) is 0. The van der Waals surface area contributed by atoms with Crippen molar-refractivity contribution in [2.24, 2.45) is 0 Å². The van der Waals surface area contributed by atoms with Crippen LogP contribution in [0.15, 0.2) is 35.5 Å². The molecule has 2 aliphatic heterocycles. The van der Waals surface area contributed by atoms with Crippen molar-refractivity contribution < 1.29 is 24.1 Å². The van der Waals surface area contributed by atoms with Crippen LogP contribution in [0.5, 0.6) is 0 Å². The van der Waals surface area contributed by atoms with Gasteiger partial charge in [0.25, 0.3) is 0 Å². The van der Waals surface area contributed by atoms with E-state index in [1.807, 2.05) is 31.2 Å². The number of hydrogen-bond donors (Lipinski definition) is 4. The van der Waals surface area contributed by atoms with Gasteiger partial charge in [-0.2, -0.15) is 0 Å². The highest BCUT2D eigenvalue weighted by Crippen LogP contribution is 2.27. The van der Waals surface area contributed by atoms with Crippen molar-refractivity contribution in [2.75, 3.05) is 46.4 Å². The average molecular weight is 374 g/mol. The van der Waals surface area contributed by atoms with Crippen LogP contribution >= 0.6 is 0 Å². The van der Waals surface area contributed by atoms with Crippen LogP contribution in [0.25, 0.3) is 0 Å². The number of esters is 1. The molecule has 1 saturated heterocycles. The Bertz CT molecular complexity index is 721. The first kappa shape index (κ1) is 19.4. The summed E-state index contributed by atoms with van der Waals surface area (Å²) in [7, 11) is 1.38. The van der Waals surface area contributed by atoms with Crippen molar-refractivity contribution >= 4 is 12.0 Å². The van der Waals surface area contributed by atoms with Gasteiger partial charge in [-0.15, -0.1) is 0 Å². The zero-order valence-corrected chi connectivity index (χ0v) is 16.4. The quantitative estimate of drug-likeness (QED) is 0.478. The smallest absolute Gasteiger partial charge is 0.338 e. The standard InChI is InChI=1S/C20H28N4O3/c1-4-23-9-11-24(12-10-23)13-16-17(19(25)27-3)18(22-20(26)21-16)15-7-5-14(2)6-8-15/h5-8,18H,4,9-13H2,1-3H3,(H2,21,22,26)/p+2/t18-/m1/s1. The maximum atomic E-state index is 12.6. The molecule has 0 bridgehead atoms. The normalized spacial score (nSPS) is 25.6. The molecule has 2 aliphatic rings. The van der Waals surface area contributed by atoms with Gasteiger partial charge in [0, 0.05) is 0 Å². The molecule has 0 saturated carbocycles. The van der Waals surface area contributed by atoms with Crippen LogP contribution in [0.3, 0.4) is 0 Å². The molecule has 0 aliphatic carbocycles. The lowest BCUT2D eigenvalue weighted by molar-refractivity contribution is -1.01. The van der Waals surface area contributed by atoms with Crippen LogP contribution < -0.4 is 20.4 Å². The van der Waals surface area contributed by atoms with E-state index in [-0.39, 0.29) is 6.03 Å². The molecular weight excluding hydrogens is 344 g/mol. The maximum Gasteiger partial charge on any atom is 0.338 e. The minimum Gasteiger partial charge on any atom is -0.466 e. The van der Waals surface area contributed by atoms with Gasteiger partial charge in [0.05, 0.1) is 31.0 Å². The highest BCUT2D eigenvalue weighted by molar-refractivity contribution is 5.95. The lowest BCUT2D eigenvalue weighted by atomic mass is 9.94. The fraction of sp³-hybridized carbons (Fsp3) is 0.500. The van der Waals surface area contributed by atoms with Gasteiger partial charge in [0.15, 0.2) is 0 Å². The first-order chi connectivity index (χ1) is 13.0. The summed E-state index contributed by atoms with van der Waals surface area (Å²) >= 11 is 0. The minimum absolute atomic E-state index is 0.277. The molecule has 3 rings (SSSR count). The molecule has 4 N–H and O–H groups in total. The van der Waals surface area contributed by atoms with Gasteiger partial charge in [-0.1, -0.05) is 29.8 Å². The highest BCUT2D eigenvalue weighted by atomic mass is 16.5. The first-order valence-corrected chi connectivity index (χ1v) is 9.64. The Hall–Kier alpha value is -2.38. The molecule has 7 heteroatoms. The molecule has 1 aromatic rings. The van der Waals surface area contributed by atoms with Gasteiger partial charge in [0.1, 0.15) is 32.7 Å². The lowest BCUT2D eigenvalue weighted by Crippen LogP contribution is -3.28. The van der Waals surface area contributed by atoms with E-state index < -0.39 is 12.0 Å².